The number of hydrogen-bond donors (Lipinski definition) is 1. The molecule has 0 bridgehead atoms. The molecule has 2 aliphatic rings. The summed E-state index contributed by atoms with van der Waals surface area (Å²) in [5, 5.41) is 0. The van der Waals surface area contributed by atoms with E-state index in [1.165, 1.54) is 0 Å². The van der Waals surface area contributed by atoms with E-state index in [0.717, 1.165) is 50.4 Å². The second kappa shape index (κ2) is 7.04. The lowest BCUT2D eigenvalue weighted by atomic mass is 9.98. The number of morpholine rings is 1. The SMILES string of the molecule is CN1CC(CN)CC1c1ccc(CN2CCOCC2)c(F)c1. The highest BCUT2D eigenvalue weighted by Gasteiger charge is 2.30. The molecule has 0 aromatic heterocycles. The van der Waals surface area contributed by atoms with Crippen LogP contribution in [-0.4, -0.2) is 56.2 Å². The normalized spacial score (nSPS) is 27.4. The number of halogens is 1. The van der Waals surface area contributed by atoms with E-state index in [1.807, 2.05) is 6.07 Å². The van der Waals surface area contributed by atoms with Gasteiger partial charge in [-0.25, -0.2) is 4.39 Å². The van der Waals surface area contributed by atoms with E-state index in [-0.39, 0.29) is 5.82 Å². The number of benzene rings is 1. The van der Waals surface area contributed by atoms with Gasteiger partial charge in [0.2, 0.25) is 0 Å². The van der Waals surface area contributed by atoms with Crippen molar-refractivity contribution in [1.29, 1.82) is 0 Å². The van der Waals surface area contributed by atoms with E-state index in [4.69, 9.17) is 10.5 Å². The van der Waals surface area contributed by atoms with Crippen LogP contribution in [-0.2, 0) is 11.3 Å². The minimum absolute atomic E-state index is 0.0893. The van der Waals surface area contributed by atoms with Crippen molar-refractivity contribution in [1.82, 2.24) is 9.80 Å². The Balaban J connectivity index is 1.69. The number of ether oxygens (including phenoxy) is 1. The molecular formula is C17H26FN3O. The molecule has 5 heteroatoms. The van der Waals surface area contributed by atoms with Crippen LogP contribution >= 0.6 is 0 Å². The van der Waals surface area contributed by atoms with Crippen LogP contribution < -0.4 is 5.73 Å². The fourth-order valence-electron chi connectivity index (χ4n) is 3.57. The summed E-state index contributed by atoms with van der Waals surface area (Å²) in [6.45, 7) is 5.62. The van der Waals surface area contributed by atoms with Crippen molar-refractivity contribution in [3.63, 3.8) is 0 Å². The van der Waals surface area contributed by atoms with E-state index in [1.54, 1.807) is 6.07 Å². The molecule has 0 saturated carbocycles. The summed E-state index contributed by atoms with van der Waals surface area (Å²) >= 11 is 0. The number of rotatable bonds is 4. The Morgan fingerprint density at radius 1 is 1.32 bits per heavy atom. The monoisotopic (exact) mass is 307 g/mol. The molecule has 2 N–H and O–H groups in total. The molecule has 2 heterocycles. The van der Waals surface area contributed by atoms with Crippen LogP contribution in [0, 0.1) is 11.7 Å². The number of likely N-dealkylation sites (tertiary alicyclic amines) is 1. The molecule has 2 fully saturated rings. The van der Waals surface area contributed by atoms with Gasteiger partial charge in [-0.05, 0) is 37.6 Å². The van der Waals surface area contributed by atoms with E-state index >= 15 is 0 Å². The predicted octanol–water partition coefficient (Wildman–Crippen LogP) is 1.61. The Labute approximate surface area is 132 Å². The third-order valence-corrected chi connectivity index (χ3v) is 4.93. The van der Waals surface area contributed by atoms with Crippen LogP contribution in [0.1, 0.15) is 23.6 Å². The maximum Gasteiger partial charge on any atom is 0.128 e. The van der Waals surface area contributed by atoms with Crippen molar-refractivity contribution in [2.75, 3.05) is 46.4 Å². The maximum atomic E-state index is 14.5. The number of nitrogens with two attached hydrogens (primary N) is 1. The molecule has 0 amide bonds. The molecule has 22 heavy (non-hydrogen) atoms. The summed E-state index contributed by atoms with van der Waals surface area (Å²) in [6.07, 6.45) is 1.02. The zero-order valence-corrected chi connectivity index (χ0v) is 13.3. The summed E-state index contributed by atoms with van der Waals surface area (Å²) in [7, 11) is 2.10. The van der Waals surface area contributed by atoms with Gasteiger partial charge >= 0.3 is 0 Å². The highest BCUT2D eigenvalue weighted by atomic mass is 19.1. The van der Waals surface area contributed by atoms with Crippen LogP contribution in [0.25, 0.3) is 0 Å². The zero-order valence-electron chi connectivity index (χ0n) is 13.3. The van der Waals surface area contributed by atoms with Crippen molar-refractivity contribution in [2.24, 2.45) is 11.7 Å². The standard InChI is InChI=1S/C17H26FN3O/c1-20-11-13(10-19)8-17(20)14-2-3-15(16(18)9-14)12-21-4-6-22-7-5-21/h2-3,9,13,17H,4-8,10-12,19H2,1H3. The van der Waals surface area contributed by atoms with Crippen molar-refractivity contribution in [3.05, 3.63) is 35.1 Å². The van der Waals surface area contributed by atoms with E-state index in [9.17, 15) is 4.39 Å². The molecule has 2 saturated heterocycles. The maximum absolute atomic E-state index is 14.5. The van der Waals surface area contributed by atoms with Crippen molar-refractivity contribution in [2.45, 2.75) is 19.0 Å². The van der Waals surface area contributed by atoms with Gasteiger partial charge in [-0.15, -0.1) is 0 Å². The molecule has 1 aromatic rings. The molecule has 4 nitrogen and oxygen atoms in total. The van der Waals surface area contributed by atoms with Gasteiger partial charge in [0.25, 0.3) is 0 Å². The first-order valence-corrected chi connectivity index (χ1v) is 8.16. The molecular weight excluding hydrogens is 281 g/mol. The average Bonchev–Trinajstić information content (AvgIpc) is 2.91. The number of hydrogen-bond acceptors (Lipinski definition) is 4. The predicted molar refractivity (Wildman–Crippen MR) is 85.0 cm³/mol. The lowest BCUT2D eigenvalue weighted by Crippen LogP contribution is -2.35. The Morgan fingerprint density at radius 2 is 2.09 bits per heavy atom. The van der Waals surface area contributed by atoms with Gasteiger partial charge < -0.3 is 10.5 Å². The summed E-state index contributed by atoms with van der Waals surface area (Å²) in [5.41, 5.74) is 7.63. The lowest BCUT2D eigenvalue weighted by Gasteiger charge is -2.27. The molecule has 122 valence electrons. The zero-order chi connectivity index (χ0) is 15.5. The second-order valence-electron chi connectivity index (χ2n) is 6.53. The first kappa shape index (κ1) is 15.9. The largest absolute Gasteiger partial charge is 0.379 e. The summed E-state index contributed by atoms with van der Waals surface area (Å²) in [5.74, 6) is 0.430. The van der Waals surface area contributed by atoms with Crippen molar-refractivity contribution < 1.29 is 9.13 Å². The van der Waals surface area contributed by atoms with Gasteiger partial charge in [-0.2, -0.15) is 0 Å². The van der Waals surface area contributed by atoms with Crippen LogP contribution in [0.4, 0.5) is 4.39 Å². The van der Waals surface area contributed by atoms with Crippen LogP contribution in [0.3, 0.4) is 0 Å². The molecule has 1 aromatic carbocycles. The summed E-state index contributed by atoms with van der Waals surface area (Å²) in [4.78, 5) is 4.53. The quantitative estimate of drug-likeness (QED) is 0.918. The van der Waals surface area contributed by atoms with Crippen molar-refractivity contribution in [3.8, 4) is 0 Å². The fourth-order valence-corrected chi connectivity index (χ4v) is 3.57. The van der Waals surface area contributed by atoms with Crippen LogP contribution in [0.5, 0.6) is 0 Å². The van der Waals surface area contributed by atoms with Crippen LogP contribution in [0.2, 0.25) is 0 Å². The van der Waals surface area contributed by atoms with Gasteiger partial charge in [-0.1, -0.05) is 12.1 Å². The van der Waals surface area contributed by atoms with E-state index in [0.29, 0.717) is 25.0 Å². The molecule has 2 atom stereocenters. The highest BCUT2D eigenvalue weighted by molar-refractivity contribution is 5.27. The molecule has 2 aliphatic heterocycles. The van der Waals surface area contributed by atoms with Gasteiger partial charge in [0.05, 0.1) is 13.2 Å². The number of nitrogens with zero attached hydrogens (tertiary/aromatic N) is 2. The topological polar surface area (TPSA) is 41.7 Å². The lowest BCUT2D eigenvalue weighted by molar-refractivity contribution is 0.0337. The Bertz CT molecular complexity index is 505. The molecule has 0 radical (unpaired) electrons. The highest BCUT2D eigenvalue weighted by Crippen LogP contribution is 2.34. The molecule has 0 spiro atoms. The third kappa shape index (κ3) is 3.49. The first-order valence-electron chi connectivity index (χ1n) is 8.16. The van der Waals surface area contributed by atoms with Crippen LogP contribution in [0.15, 0.2) is 18.2 Å². The molecule has 0 aliphatic carbocycles. The van der Waals surface area contributed by atoms with Gasteiger partial charge in [0.15, 0.2) is 0 Å². The second-order valence-corrected chi connectivity index (χ2v) is 6.53. The minimum atomic E-state index is -0.0893. The van der Waals surface area contributed by atoms with E-state index < -0.39 is 0 Å². The molecule has 2 unspecified atom stereocenters. The van der Waals surface area contributed by atoms with Gasteiger partial charge in [0, 0.05) is 37.8 Å². The van der Waals surface area contributed by atoms with Crippen molar-refractivity contribution >= 4 is 0 Å². The minimum Gasteiger partial charge on any atom is -0.379 e. The Hall–Kier alpha value is -1.01. The van der Waals surface area contributed by atoms with Gasteiger partial charge in [0.1, 0.15) is 5.82 Å². The Morgan fingerprint density at radius 3 is 2.73 bits per heavy atom. The van der Waals surface area contributed by atoms with E-state index in [2.05, 4.69) is 22.9 Å². The third-order valence-electron chi connectivity index (χ3n) is 4.93. The summed E-state index contributed by atoms with van der Waals surface area (Å²) in [6, 6.07) is 6.04. The Kier molecular flexibility index (Phi) is 5.08. The average molecular weight is 307 g/mol. The molecule has 3 rings (SSSR count). The van der Waals surface area contributed by atoms with Gasteiger partial charge in [-0.3, -0.25) is 9.80 Å². The smallest absolute Gasteiger partial charge is 0.128 e. The fraction of sp³-hybridized carbons (Fsp3) is 0.647. The summed E-state index contributed by atoms with van der Waals surface area (Å²) < 4.78 is 19.8. The first-order chi connectivity index (χ1) is 10.7.